The summed E-state index contributed by atoms with van der Waals surface area (Å²) < 4.78 is 24.5. The lowest BCUT2D eigenvalue weighted by molar-refractivity contribution is 0.595. The minimum atomic E-state index is -3.34. The van der Waals surface area contributed by atoms with Gasteiger partial charge in [0.05, 0.1) is 9.92 Å². The third kappa shape index (κ3) is 2.97. The number of allylic oxidation sites excluding steroid dienone is 2. The van der Waals surface area contributed by atoms with Crippen molar-refractivity contribution in [3.63, 3.8) is 0 Å². The molecule has 0 aromatic heterocycles. The average molecular weight is 281 g/mol. The Balaban J connectivity index is 2.22. The van der Waals surface area contributed by atoms with Crippen molar-refractivity contribution >= 4 is 19.7 Å². The molecule has 1 aliphatic heterocycles. The van der Waals surface area contributed by atoms with E-state index in [1.165, 1.54) is 0 Å². The van der Waals surface area contributed by atoms with E-state index in [2.05, 4.69) is 0 Å². The highest BCUT2D eigenvalue weighted by molar-refractivity contribution is 8.73. The molecular weight excluding hydrogens is 266 g/mol. The van der Waals surface area contributed by atoms with Gasteiger partial charge in [0.15, 0.2) is 0 Å². The van der Waals surface area contributed by atoms with Crippen molar-refractivity contribution in [3.05, 3.63) is 53.2 Å². The van der Waals surface area contributed by atoms with Gasteiger partial charge in [0.2, 0.25) is 8.87 Å². The summed E-state index contributed by atoms with van der Waals surface area (Å²) in [6.45, 7) is 1.94. The zero-order valence-electron chi connectivity index (χ0n) is 10.3. The standard InChI is InChI=1S/C13H15NO2S2/c1-11-6-8-12(9-7-11)18(15,16)17-13-5-3-4-10-14(13)2/h4-10H,3H2,1-2H3. The van der Waals surface area contributed by atoms with E-state index >= 15 is 0 Å². The largest absolute Gasteiger partial charge is 0.346 e. The van der Waals surface area contributed by atoms with Crippen molar-refractivity contribution in [3.8, 4) is 0 Å². The molecule has 0 aliphatic carbocycles. The summed E-state index contributed by atoms with van der Waals surface area (Å²) in [5, 5.41) is 0.748. The SMILES string of the molecule is Cc1ccc(S(=O)(=O)SC2=CCC=CN2C)cc1. The van der Waals surface area contributed by atoms with Crippen LogP contribution >= 0.6 is 10.8 Å². The molecule has 1 aliphatic rings. The van der Waals surface area contributed by atoms with Crippen LogP contribution in [-0.2, 0) is 8.87 Å². The Hall–Kier alpha value is -1.20. The molecule has 0 bridgehead atoms. The fourth-order valence-electron chi connectivity index (χ4n) is 1.56. The molecule has 0 radical (unpaired) electrons. The Kier molecular flexibility index (Phi) is 3.82. The van der Waals surface area contributed by atoms with E-state index in [1.54, 1.807) is 12.1 Å². The Bertz CT molecular complexity index is 586. The smallest absolute Gasteiger partial charge is 0.235 e. The molecule has 2 rings (SSSR count). The van der Waals surface area contributed by atoms with Crippen molar-refractivity contribution < 1.29 is 8.42 Å². The van der Waals surface area contributed by atoms with Gasteiger partial charge in [-0.15, -0.1) is 0 Å². The van der Waals surface area contributed by atoms with Gasteiger partial charge in [-0.2, -0.15) is 0 Å². The van der Waals surface area contributed by atoms with Crippen molar-refractivity contribution in [1.82, 2.24) is 4.90 Å². The quantitative estimate of drug-likeness (QED) is 0.798. The van der Waals surface area contributed by atoms with Crippen LogP contribution in [0.1, 0.15) is 12.0 Å². The number of nitrogens with zero attached hydrogens (tertiary/aromatic N) is 1. The monoisotopic (exact) mass is 281 g/mol. The van der Waals surface area contributed by atoms with Crippen LogP contribution in [0.5, 0.6) is 0 Å². The molecule has 0 saturated carbocycles. The van der Waals surface area contributed by atoms with Gasteiger partial charge in [0.1, 0.15) is 0 Å². The fraction of sp³-hybridized carbons (Fsp3) is 0.231. The van der Waals surface area contributed by atoms with Gasteiger partial charge in [-0.1, -0.05) is 23.8 Å². The van der Waals surface area contributed by atoms with Crippen molar-refractivity contribution in [2.24, 2.45) is 0 Å². The highest BCUT2D eigenvalue weighted by Crippen LogP contribution is 2.33. The number of aryl methyl sites for hydroxylation is 1. The topological polar surface area (TPSA) is 37.4 Å². The predicted molar refractivity (Wildman–Crippen MR) is 75.6 cm³/mol. The second kappa shape index (κ2) is 5.20. The predicted octanol–water partition coefficient (Wildman–Crippen LogP) is 3.11. The van der Waals surface area contributed by atoms with Gasteiger partial charge in [0, 0.05) is 24.0 Å². The Labute approximate surface area is 112 Å². The lowest BCUT2D eigenvalue weighted by Crippen LogP contribution is -2.12. The van der Waals surface area contributed by atoms with E-state index < -0.39 is 8.87 Å². The summed E-state index contributed by atoms with van der Waals surface area (Å²) in [5.41, 5.74) is 1.05. The summed E-state index contributed by atoms with van der Waals surface area (Å²) in [7, 11) is -0.592. The second-order valence-corrected chi connectivity index (χ2v) is 7.91. The van der Waals surface area contributed by atoms with Crippen molar-refractivity contribution in [1.29, 1.82) is 0 Å². The van der Waals surface area contributed by atoms with Crippen molar-refractivity contribution in [2.45, 2.75) is 18.2 Å². The average Bonchev–Trinajstić information content (AvgIpc) is 2.32. The van der Waals surface area contributed by atoms with Crippen LogP contribution in [0.3, 0.4) is 0 Å². The molecule has 0 atom stereocenters. The van der Waals surface area contributed by atoms with E-state index in [4.69, 9.17) is 0 Å². The van der Waals surface area contributed by atoms with Crippen LogP contribution in [0.2, 0.25) is 0 Å². The van der Waals surface area contributed by atoms with Crippen LogP contribution in [0.4, 0.5) is 0 Å². The number of hydrogen-bond acceptors (Lipinski definition) is 4. The first kappa shape index (κ1) is 13.2. The molecule has 1 aromatic carbocycles. The van der Waals surface area contributed by atoms with E-state index in [9.17, 15) is 8.42 Å². The molecule has 0 amide bonds. The molecular formula is C13H15NO2S2. The van der Waals surface area contributed by atoms with Gasteiger partial charge < -0.3 is 4.90 Å². The summed E-state index contributed by atoms with van der Waals surface area (Å²) in [4.78, 5) is 2.17. The summed E-state index contributed by atoms with van der Waals surface area (Å²) >= 11 is 0. The highest BCUT2D eigenvalue weighted by Gasteiger charge is 2.20. The molecule has 0 N–H and O–H groups in total. The number of rotatable bonds is 3. The molecule has 18 heavy (non-hydrogen) atoms. The first-order chi connectivity index (χ1) is 8.49. The highest BCUT2D eigenvalue weighted by atomic mass is 33.1. The lowest BCUT2D eigenvalue weighted by Gasteiger charge is -2.20. The van der Waals surface area contributed by atoms with E-state index in [0.29, 0.717) is 4.90 Å². The van der Waals surface area contributed by atoms with Crippen LogP contribution in [0.25, 0.3) is 0 Å². The van der Waals surface area contributed by atoms with Crippen LogP contribution in [-0.4, -0.2) is 20.4 Å². The fourth-order valence-corrected chi connectivity index (χ4v) is 4.55. The van der Waals surface area contributed by atoms with Crippen LogP contribution < -0.4 is 0 Å². The number of hydrogen-bond donors (Lipinski definition) is 0. The van der Waals surface area contributed by atoms with Gasteiger partial charge in [0.25, 0.3) is 0 Å². The molecule has 1 aromatic rings. The third-order valence-electron chi connectivity index (χ3n) is 2.61. The van der Waals surface area contributed by atoms with Gasteiger partial charge in [-0.05, 0) is 31.6 Å². The van der Waals surface area contributed by atoms with E-state index in [-0.39, 0.29) is 0 Å². The summed E-state index contributed by atoms with van der Waals surface area (Å²) in [6, 6.07) is 6.92. The van der Waals surface area contributed by atoms with Gasteiger partial charge >= 0.3 is 0 Å². The molecule has 0 spiro atoms. The molecule has 96 valence electrons. The molecule has 0 saturated heterocycles. The molecule has 5 heteroatoms. The molecule has 0 unspecified atom stereocenters. The maximum absolute atomic E-state index is 12.2. The summed E-state index contributed by atoms with van der Waals surface area (Å²) in [6.07, 6.45) is 6.56. The van der Waals surface area contributed by atoms with E-state index in [0.717, 1.165) is 27.8 Å². The molecule has 0 fully saturated rings. The van der Waals surface area contributed by atoms with Gasteiger partial charge in [-0.3, -0.25) is 0 Å². The molecule has 1 heterocycles. The second-order valence-electron chi connectivity index (χ2n) is 4.12. The normalized spacial score (nSPS) is 15.7. The Morgan fingerprint density at radius 2 is 1.89 bits per heavy atom. The van der Waals surface area contributed by atoms with Crippen LogP contribution in [0.15, 0.2) is 52.5 Å². The number of benzene rings is 1. The maximum Gasteiger partial charge on any atom is 0.235 e. The van der Waals surface area contributed by atoms with Crippen LogP contribution in [0, 0.1) is 6.92 Å². The first-order valence-corrected chi connectivity index (χ1v) is 8.41. The van der Waals surface area contributed by atoms with E-state index in [1.807, 2.05) is 49.4 Å². The molecule has 3 nitrogen and oxygen atoms in total. The maximum atomic E-state index is 12.2. The minimum Gasteiger partial charge on any atom is -0.346 e. The Morgan fingerprint density at radius 3 is 2.50 bits per heavy atom. The lowest BCUT2D eigenvalue weighted by atomic mass is 10.2. The summed E-state index contributed by atoms with van der Waals surface area (Å²) in [5.74, 6) is 0. The third-order valence-corrected chi connectivity index (χ3v) is 6.05. The first-order valence-electron chi connectivity index (χ1n) is 5.60. The Morgan fingerprint density at radius 1 is 1.22 bits per heavy atom. The minimum absolute atomic E-state index is 0.349. The van der Waals surface area contributed by atoms with Gasteiger partial charge in [-0.25, -0.2) is 8.42 Å². The zero-order chi connectivity index (χ0) is 13.2. The zero-order valence-corrected chi connectivity index (χ0v) is 12.0. The van der Waals surface area contributed by atoms with Crippen molar-refractivity contribution in [2.75, 3.05) is 7.05 Å².